The van der Waals surface area contributed by atoms with Crippen LogP contribution in [0, 0.1) is 5.92 Å². The van der Waals surface area contributed by atoms with Crippen molar-refractivity contribution in [1.82, 2.24) is 24.5 Å². The van der Waals surface area contributed by atoms with Crippen molar-refractivity contribution in [3.63, 3.8) is 0 Å². The van der Waals surface area contributed by atoms with E-state index in [0.29, 0.717) is 29.6 Å². The quantitative estimate of drug-likeness (QED) is 0.455. The highest BCUT2D eigenvalue weighted by Gasteiger charge is 2.35. The average molecular weight is 562 g/mol. The predicted molar refractivity (Wildman–Crippen MR) is 156 cm³/mol. The SMILES string of the molecule is CC(C(=O)Nc1cc(=O)n2ccccc2n1)c1ccc(N2CCC[C@@H](N(CC3CCC3)C(=O)OC(C)(C)C)C2)nn1. The van der Waals surface area contributed by atoms with E-state index in [-0.39, 0.29) is 29.4 Å². The Morgan fingerprint density at radius 3 is 2.61 bits per heavy atom. The Bertz CT molecular complexity index is 1450. The highest BCUT2D eigenvalue weighted by molar-refractivity contribution is 5.94. The molecule has 4 heterocycles. The van der Waals surface area contributed by atoms with Crippen LogP contribution in [0.3, 0.4) is 0 Å². The minimum Gasteiger partial charge on any atom is -0.444 e. The minimum absolute atomic E-state index is 0.0314. The van der Waals surface area contributed by atoms with Gasteiger partial charge in [-0.05, 0) is 83.6 Å². The van der Waals surface area contributed by atoms with Crippen molar-refractivity contribution < 1.29 is 14.3 Å². The molecule has 2 amide bonds. The minimum atomic E-state index is -0.605. The molecular weight excluding hydrogens is 522 g/mol. The predicted octanol–water partition coefficient (Wildman–Crippen LogP) is 4.23. The van der Waals surface area contributed by atoms with Crippen LogP contribution < -0.4 is 15.8 Å². The number of fused-ring (bicyclic) bond motifs is 1. The van der Waals surface area contributed by atoms with Crippen LogP contribution in [0.15, 0.2) is 47.4 Å². The van der Waals surface area contributed by atoms with E-state index in [4.69, 9.17) is 4.74 Å². The molecule has 2 atom stereocenters. The fourth-order valence-electron chi connectivity index (χ4n) is 5.29. The maximum atomic E-state index is 13.2. The van der Waals surface area contributed by atoms with Crippen LogP contribution >= 0.6 is 0 Å². The van der Waals surface area contributed by atoms with Crippen molar-refractivity contribution >= 4 is 29.3 Å². The zero-order chi connectivity index (χ0) is 29.1. The van der Waals surface area contributed by atoms with E-state index < -0.39 is 11.5 Å². The lowest BCUT2D eigenvalue weighted by molar-refractivity contribution is -0.117. The number of nitrogens with one attached hydrogen (secondary N) is 1. The normalized spacial score (nSPS) is 18.4. The number of carbonyl (C=O) groups excluding carboxylic acids is 2. The maximum absolute atomic E-state index is 13.2. The fraction of sp³-hybridized carbons (Fsp3) is 0.533. The Balaban J connectivity index is 1.24. The number of nitrogens with zero attached hydrogens (tertiary/aromatic N) is 6. The highest BCUT2D eigenvalue weighted by atomic mass is 16.6. The molecular formula is C30H39N7O4. The maximum Gasteiger partial charge on any atom is 0.410 e. The van der Waals surface area contributed by atoms with Gasteiger partial charge in [0.25, 0.3) is 5.56 Å². The Kier molecular flexibility index (Phi) is 8.23. The van der Waals surface area contributed by atoms with Gasteiger partial charge in [0.05, 0.1) is 17.7 Å². The van der Waals surface area contributed by atoms with E-state index in [2.05, 4.69) is 25.4 Å². The smallest absolute Gasteiger partial charge is 0.410 e. The summed E-state index contributed by atoms with van der Waals surface area (Å²) in [5.41, 5.74) is 0.136. The summed E-state index contributed by atoms with van der Waals surface area (Å²) in [6.07, 6.45) is 6.75. The first kappa shape index (κ1) is 28.5. The van der Waals surface area contributed by atoms with Crippen LogP contribution in [-0.2, 0) is 9.53 Å². The third kappa shape index (κ3) is 6.83. The lowest BCUT2D eigenvalue weighted by atomic mass is 9.84. The van der Waals surface area contributed by atoms with Gasteiger partial charge in [-0.3, -0.25) is 14.0 Å². The standard InChI is InChI=1S/C30H39N7O4/c1-20(28(39)32-24-17-27(38)36-16-6-5-12-25(36)31-24)23-13-14-26(34-33-23)35-15-8-11-22(19-35)37(18-21-9-7-10-21)29(40)41-30(2,3)4/h5-6,12-14,16-17,20-22H,7-11,15,18-19H2,1-4H3,(H,32,39)/t20?,22-/m1/s1. The van der Waals surface area contributed by atoms with Crippen molar-refractivity contribution in [1.29, 1.82) is 0 Å². The van der Waals surface area contributed by atoms with E-state index in [1.807, 2.05) is 31.7 Å². The Morgan fingerprint density at radius 2 is 1.93 bits per heavy atom. The number of amides is 2. The van der Waals surface area contributed by atoms with E-state index >= 15 is 0 Å². The summed E-state index contributed by atoms with van der Waals surface area (Å²) in [5, 5.41) is 11.5. The van der Waals surface area contributed by atoms with Gasteiger partial charge < -0.3 is 19.9 Å². The largest absolute Gasteiger partial charge is 0.444 e. The Labute approximate surface area is 239 Å². The van der Waals surface area contributed by atoms with Crippen LogP contribution in [0.5, 0.6) is 0 Å². The molecule has 5 rings (SSSR count). The van der Waals surface area contributed by atoms with Crippen molar-refractivity contribution in [2.45, 2.75) is 77.4 Å². The van der Waals surface area contributed by atoms with Crippen LogP contribution in [0.2, 0.25) is 0 Å². The first-order valence-corrected chi connectivity index (χ1v) is 14.4. The first-order chi connectivity index (χ1) is 19.6. The molecule has 2 fully saturated rings. The van der Waals surface area contributed by atoms with E-state index in [1.165, 1.54) is 16.9 Å². The Hall–Kier alpha value is -4.02. The number of rotatable bonds is 7. The summed E-state index contributed by atoms with van der Waals surface area (Å²) in [7, 11) is 0. The van der Waals surface area contributed by atoms with E-state index in [1.54, 1.807) is 37.4 Å². The van der Waals surface area contributed by atoms with Gasteiger partial charge in [0.1, 0.15) is 17.1 Å². The number of aromatic nitrogens is 4. The molecule has 1 N–H and O–H groups in total. The molecule has 1 unspecified atom stereocenters. The molecule has 3 aromatic heterocycles. The fourth-order valence-corrected chi connectivity index (χ4v) is 5.29. The summed E-state index contributed by atoms with van der Waals surface area (Å²) in [6, 6.07) is 10.2. The highest BCUT2D eigenvalue weighted by Crippen LogP contribution is 2.30. The molecule has 11 nitrogen and oxygen atoms in total. The van der Waals surface area contributed by atoms with Gasteiger partial charge in [0.15, 0.2) is 5.82 Å². The van der Waals surface area contributed by atoms with Crippen LogP contribution in [-0.4, -0.2) is 67.8 Å². The second-order valence-corrected chi connectivity index (χ2v) is 12.1. The van der Waals surface area contributed by atoms with E-state index in [0.717, 1.165) is 38.8 Å². The Morgan fingerprint density at radius 1 is 1.12 bits per heavy atom. The zero-order valence-electron chi connectivity index (χ0n) is 24.2. The second-order valence-electron chi connectivity index (χ2n) is 12.1. The molecule has 2 aliphatic rings. The molecule has 41 heavy (non-hydrogen) atoms. The third-order valence-electron chi connectivity index (χ3n) is 7.80. The molecule has 11 heteroatoms. The molecule has 218 valence electrons. The van der Waals surface area contributed by atoms with E-state index in [9.17, 15) is 14.4 Å². The van der Waals surface area contributed by atoms with Gasteiger partial charge in [0.2, 0.25) is 5.91 Å². The summed E-state index contributed by atoms with van der Waals surface area (Å²) >= 11 is 0. The number of hydrogen-bond acceptors (Lipinski definition) is 8. The summed E-state index contributed by atoms with van der Waals surface area (Å²) in [5.74, 6) is 0.503. The molecule has 1 aliphatic carbocycles. The van der Waals surface area contributed by atoms with Gasteiger partial charge in [-0.15, -0.1) is 5.10 Å². The monoisotopic (exact) mass is 561 g/mol. The molecule has 0 bridgehead atoms. The van der Waals surface area contributed by atoms with Crippen molar-refractivity contribution in [3.05, 3.63) is 58.6 Å². The van der Waals surface area contributed by atoms with Gasteiger partial charge in [0, 0.05) is 31.9 Å². The van der Waals surface area contributed by atoms with Gasteiger partial charge >= 0.3 is 6.09 Å². The van der Waals surface area contributed by atoms with Gasteiger partial charge in [-0.2, -0.15) is 5.10 Å². The molecule has 0 aromatic carbocycles. The third-order valence-corrected chi connectivity index (χ3v) is 7.80. The number of anilines is 2. The number of pyridine rings is 1. The average Bonchev–Trinajstić information content (AvgIpc) is 2.91. The number of ether oxygens (including phenoxy) is 1. The number of carbonyl (C=O) groups is 2. The van der Waals surface area contributed by atoms with Gasteiger partial charge in [-0.25, -0.2) is 9.78 Å². The van der Waals surface area contributed by atoms with Crippen molar-refractivity contribution in [3.8, 4) is 0 Å². The van der Waals surface area contributed by atoms with Crippen molar-refractivity contribution in [2.75, 3.05) is 29.9 Å². The second kappa shape index (κ2) is 11.8. The molecule has 0 spiro atoms. The summed E-state index contributed by atoms with van der Waals surface area (Å²) in [6.45, 7) is 9.63. The molecule has 0 radical (unpaired) electrons. The lowest BCUT2D eigenvalue weighted by Crippen LogP contribution is -2.53. The first-order valence-electron chi connectivity index (χ1n) is 14.4. The lowest BCUT2D eigenvalue weighted by Gasteiger charge is -2.42. The van der Waals surface area contributed by atoms with Crippen LogP contribution in [0.4, 0.5) is 16.4 Å². The molecule has 1 aliphatic heterocycles. The molecule has 1 saturated heterocycles. The molecule has 1 saturated carbocycles. The molecule has 3 aromatic rings. The van der Waals surface area contributed by atoms with Crippen LogP contribution in [0.1, 0.15) is 71.4 Å². The number of piperidine rings is 1. The van der Waals surface area contributed by atoms with Crippen LogP contribution in [0.25, 0.3) is 5.65 Å². The zero-order valence-corrected chi connectivity index (χ0v) is 24.2. The summed E-state index contributed by atoms with van der Waals surface area (Å²) in [4.78, 5) is 46.9. The van der Waals surface area contributed by atoms with Crippen molar-refractivity contribution in [2.24, 2.45) is 5.92 Å². The topological polar surface area (TPSA) is 122 Å². The number of hydrogen-bond donors (Lipinski definition) is 1. The summed E-state index contributed by atoms with van der Waals surface area (Å²) < 4.78 is 7.19. The van der Waals surface area contributed by atoms with Gasteiger partial charge in [-0.1, -0.05) is 12.5 Å².